The third-order valence-corrected chi connectivity index (χ3v) is 2.62. The molecule has 0 aliphatic heterocycles. The van der Waals surface area contributed by atoms with E-state index >= 15 is 0 Å². The fourth-order valence-electron chi connectivity index (χ4n) is 1.57. The summed E-state index contributed by atoms with van der Waals surface area (Å²) in [6, 6.07) is 7.40. The molecule has 0 aliphatic rings. The van der Waals surface area contributed by atoms with Crippen molar-refractivity contribution in [1.82, 2.24) is 0 Å². The summed E-state index contributed by atoms with van der Waals surface area (Å²) in [5.74, 6) is -1.70. The van der Waals surface area contributed by atoms with E-state index in [1.807, 2.05) is 0 Å². The van der Waals surface area contributed by atoms with Gasteiger partial charge < -0.3 is 10.5 Å². The molecule has 0 saturated carbocycles. The number of nitrogen functional groups attached to an aromatic ring is 1. The fourth-order valence-corrected chi connectivity index (χ4v) is 1.83. The van der Waals surface area contributed by atoms with Gasteiger partial charge in [0.25, 0.3) is 0 Å². The molecule has 0 saturated heterocycles. The van der Waals surface area contributed by atoms with Crippen LogP contribution in [0.5, 0.6) is 11.5 Å². The van der Waals surface area contributed by atoms with Gasteiger partial charge in [-0.3, -0.25) is 5.41 Å². The normalized spacial score (nSPS) is 10.3. The van der Waals surface area contributed by atoms with Gasteiger partial charge in [-0.2, -0.15) is 0 Å². The number of nitrogens with two attached hydrogens (primary N) is 1. The number of hydrogen-bond donors (Lipinski definition) is 2. The molecular weight excluding hydrogens is 274 g/mol. The molecule has 0 spiro atoms. The smallest absolute Gasteiger partial charge is 0.139 e. The highest BCUT2D eigenvalue weighted by molar-refractivity contribution is 6.34. The molecule has 0 fully saturated rings. The van der Waals surface area contributed by atoms with Crippen molar-refractivity contribution in [2.45, 2.75) is 0 Å². The first-order chi connectivity index (χ1) is 8.97. The molecule has 0 unspecified atom stereocenters. The zero-order valence-electron chi connectivity index (χ0n) is 9.58. The molecule has 0 heterocycles. The van der Waals surface area contributed by atoms with E-state index < -0.39 is 11.6 Å². The Morgan fingerprint density at radius 3 is 2.37 bits per heavy atom. The predicted octanol–water partition coefficient (Wildman–Crippen LogP) is 3.69. The maximum absolute atomic E-state index is 13.1. The van der Waals surface area contributed by atoms with Crippen LogP contribution < -0.4 is 10.5 Å². The van der Waals surface area contributed by atoms with Crippen molar-refractivity contribution in [3.63, 3.8) is 0 Å². The van der Waals surface area contributed by atoms with Gasteiger partial charge in [0.2, 0.25) is 0 Å². The Labute approximate surface area is 113 Å². The van der Waals surface area contributed by atoms with Gasteiger partial charge in [0.15, 0.2) is 0 Å². The number of hydrogen-bond acceptors (Lipinski definition) is 2. The SMILES string of the molecule is N=C(N)c1c(Cl)cccc1Oc1cc(F)cc(F)c1. The molecule has 0 bridgehead atoms. The van der Waals surface area contributed by atoms with Gasteiger partial charge in [-0.15, -0.1) is 0 Å². The minimum atomic E-state index is -0.763. The van der Waals surface area contributed by atoms with E-state index in [1.165, 1.54) is 12.1 Å². The Hall–Kier alpha value is -2.14. The summed E-state index contributed by atoms with van der Waals surface area (Å²) in [7, 11) is 0. The summed E-state index contributed by atoms with van der Waals surface area (Å²) < 4.78 is 31.4. The molecule has 6 heteroatoms. The lowest BCUT2D eigenvalue weighted by molar-refractivity contribution is 0.467. The summed E-state index contributed by atoms with van der Waals surface area (Å²) in [4.78, 5) is 0. The Morgan fingerprint density at radius 1 is 1.16 bits per heavy atom. The summed E-state index contributed by atoms with van der Waals surface area (Å²) in [6.07, 6.45) is 0. The molecule has 0 atom stereocenters. The molecule has 0 aromatic heterocycles. The first-order valence-electron chi connectivity index (χ1n) is 5.24. The second-order valence-corrected chi connectivity index (χ2v) is 4.14. The molecule has 3 N–H and O–H groups in total. The minimum absolute atomic E-state index is 0.0396. The average Bonchev–Trinajstić information content (AvgIpc) is 2.26. The molecule has 3 nitrogen and oxygen atoms in total. The van der Waals surface area contributed by atoms with Crippen LogP contribution in [-0.4, -0.2) is 5.84 Å². The van der Waals surface area contributed by atoms with Gasteiger partial charge in [-0.25, -0.2) is 8.78 Å². The molecular formula is C13H9ClF2N2O. The van der Waals surface area contributed by atoms with Crippen molar-refractivity contribution in [2.75, 3.05) is 0 Å². The Bertz CT molecular complexity index is 626. The van der Waals surface area contributed by atoms with Crippen molar-refractivity contribution in [3.8, 4) is 11.5 Å². The van der Waals surface area contributed by atoms with Crippen LogP contribution in [0, 0.1) is 17.0 Å². The second kappa shape index (κ2) is 5.24. The first-order valence-corrected chi connectivity index (χ1v) is 5.62. The molecule has 19 heavy (non-hydrogen) atoms. The van der Waals surface area contributed by atoms with E-state index in [-0.39, 0.29) is 27.9 Å². The van der Waals surface area contributed by atoms with Crippen LogP contribution in [0.3, 0.4) is 0 Å². The zero-order valence-corrected chi connectivity index (χ0v) is 10.3. The van der Waals surface area contributed by atoms with E-state index in [4.69, 9.17) is 27.5 Å². The Kier molecular flexibility index (Phi) is 3.66. The van der Waals surface area contributed by atoms with Crippen LogP contribution in [0.15, 0.2) is 36.4 Å². The largest absolute Gasteiger partial charge is 0.456 e. The topological polar surface area (TPSA) is 59.1 Å². The molecule has 2 aromatic carbocycles. The number of nitrogens with one attached hydrogen (secondary N) is 1. The van der Waals surface area contributed by atoms with E-state index in [9.17, 15) is 8.78 Å². The molecule has 0 aliphatic carbocycles. The van der Waals surface area contributed by atoms with Gasteiger partial charge in [-0.05, 0) is 12.1 Å². The Balaban J connectivity index is 2.43. The van der Waals surface area contributed by atoms with Crippen molar-refractivity contribution >= 4 is 17.4 Å². The molecule has 98 valence electrons. The monoisotopic (exact) mass is 282 g/mol. The highest BCUT2D eigenvalue weighted by Gasteiger charge is 2.12. The highest BCUT2D eigenvalue weighted by Crippen LogP contribution is 2.30. The maximum Gasteiger partial charge on any atom is 0.139 e. The maximum atomic E-state index is 13.1. The standard InChI is InChI=1S/C13H9ClF2N2O/c14-10-2-1-3-11(12(10)13(17)18)19-9-5-7(15)4-8(16)6-9/h1-6H,(H3,17,18). The number of benzene rings is 2. The van der Waals surface area contributed by atoms with E-state index in [0.29, 0.717) is 0 Å². The van der Waals surface area contributed by atoms with Crippen LogP contribution in [-0.2, 0) is 0 Å². The fraction of sp³-hybridized carbons (Fsp3) is 0. The molecule has 2 aromatic rings. The van der Waals surface area contributed by atoms with Gasteiger partial charge >= 0.3 is 0 Å². The number of halogens is 3. The second-order valence-electron chi connectivity index (χ2n) is 3.73. The van der Waals surface area contributed by atoms with Crippen LogP contribution >= 0.6 is 11.6 Å². The van der Waals surface area contributed by atoms with E-state index in [2.05, 4.69) is 0 Å². The quantitative estimate of drug-likeness (QED) is 0.666. The zero-order chi connectivity index (χ0) is 14.0. The predicted molar refractivity (Wildman–Crippen MR) is 68.9 cm³/mol. The molecule has 0 amide bonds. The summed E-state index contributed by atoms with van der Waals surface area (Å²) >= 11 is 5.90. The van der Waals surface area contributed by atoms with Gasteiger partial charge in [0.1, 0.15) is 29.0 Å². The van der Waals surface area contributed by atoms with Crippen molar-refractivity contribution < 1.29 is 13.5 Å². The summed E-state index contributed by atoms with van der Waals surface area (Å²) in [5, 5.41) is 7.66. The first kappa shape index (κ1) is 13.3. The Morgan fingerprint density at radius 2 is 1.79 bits per heavy atom. The lowest BCUT2D eigenvalue weighted by atomic mass is 10.2. The van der Waals surface area contributed by atoms with Gasteiger partial charge in [-0.1, -0.05) is 17.7 Å². The number of rotatable bonds is 3. The molecule has 2 rings (SSSR count). The lowest BCUT2D eigenvalue weighted by Gasteiger charge is -2.11. The summed E-state index contributed by atoms with van der Waals surface area (Å²) in [6.45, 7) is 0. The van der Waals surface area contributed by atoms with Crippen molar-refractivity contribution in [1.29, 1.82) is 5.41 Å². The van der Waals surface area contributed by atoms with Crippen LogP contribution in [0.1, 0.15) is 5.56 Å². The van der Waals surface area contributed by atoms with Gasteiger partial charge in [0.05, 0.1) is 10.6 Å². The third-order valence-electron chi connectivity index (χ3n) is 2.31. The van der Waals surface area contributed by atoms with Gasteiger partial charge in [0, 0.05) is 18.2 Å². The van der Waals surface area contributed by atoms with E-state index in [1.54, 1.807) is 6.07 Å². The summed E-state index contributed by atoms with van der Waals surface area (Å²) in [5.41, 5.74) is 5.57. The third kappa shape index (κ3) is 3.00. The highest BCUT2D eigenvalue weighted by atomic mass is 35.5. The van der Waals surface area contributed by atoms with Crippen LogP contribution in [0.25, 0.3) is 0 Å². The number of amidine groups is 1. The van der Waals surface area contributed by atoms with Crippen molar-refractivity contribution in [2.24, 2.45) is 5.73 Å². The van der Waals surface area contributed by atoms with Crippen LogP contribution in [0.4, 0.5) is 8.78 Å². The average molecular weight is 283 g/mol. The molecule has 0 radical (unpaired) electrons. The van der Waals surface area contributed by atoms with Crippen molar-refractivity contribution in [3.05, 3.63) is 58.6 Å². The minimum Gasteiger partial charge on any atom is -0.456 e. The van der Waals surface area contributed by atoms with Crippen LogP contribution in [0.2, 0.25) is 5.02 Å². The van der Waals surface area contributed by atoms with E-state index in [0.717, 1.165) is 18.2 Å². The number of ether oxygens (including phenoxy) is 1. The lowest BCUT2D eigenvalue weighted by Crippen LogP contribution is -2.13.